The first-order valence-corrected chi connectivity index (χ1v) is 11.9. The van der Waals surface area contributed by atoms with Crippen LogP contribution in [-0.4, -0.2) is 37.6 Å². The van der Waals surface area contributed by atoms with Gasteiger partial charge in [0.1, 0.15) is 6.54 Å². The van der Waals surface area contributed by atoms with Gasteiger partial charge in [0.2, 0.25) is 5.91 Å². The van der Waals surface area contributed by atoms with Crippen molar-refractivity contribution in [2.45, 2.75) is 64.6 Å². The molecule has 0 saturated carbocycles. The lowest BCUT2D eigenvalue weighted by molar-refractivity contribution is -0.141. The number of benzene rings is 1. The molecule has 0 bridgehead atoms. The first-order chi connectivity index (χ1) is 17.5. The monoisotopic (exact) mass is 525 g/mol. The fourth-order valence-electron chi connectivity index (χ4n) is 3.98. The summed E-state index contributed by atoms with van der Waals surface area (Å²) in [4.78, 5) is 29.5. The van der Waals surface area contributed by atoms with Gasteiger partial charge in [0.05, 0.1) is 17.0 Å². The normalized spacial score (nSPS) is 11.8. The number of alkyl halides is 5. The smallest absolute Gasteiger partial charge is 0.322 e. The Balaban J connectivity index is 2.02. The third kappa shape index (κ3) is 7.01. The van der Waals surface area contributed by atoms with E-state index in [2.05, 4.69) is 22.3 Å². The van der Waals surface area contributed by atoms with E-state index in [0.717, 1.165) is 36.4 Å². The molecular formula is C25H28F5N5O2. The molecule has 0 unspecified atom stereocenters. The summed E-state index contributed by atoms with van der Waals surface area (Å²) in [5.74, 6) is -1.70. The molecule has 2 heterocycles. The average molecular weight is 526 g/mol. The maximum atomic E-state index is 13.9. The van der Waals surface area contributed by atoms with E-state index in [4.69, 9.17) is 0 Å². The lowest BCUT2D eigenvalue weighted by atomic mass is 10.1. The minimum absolute atomic E-state index is 0.0161. The summed E-state index contributed by atoms with van der Waals surface area (Å²) >= 11 is 0. The Morgan fingerprint density at radius 2 is 1.73 bits per heavy atom. The molecule has 0 radical (unpaired) electrons. The lowest BCUT2D eigenvalue weighted by Gasteiger charge is -2.10. The van der Waals surface area contributed by atoms with Crippen LogP contribution in [0, 0.1) is 0 Å². The molecule has 0 spiro atoms. The van der Waals surface area contributed by atoms with E-state index in [1.165, 1.54) is 7.05 Å². The van der Waals surface area contributed by atoms with E-state index < -0.39 is 42.2 Å². The number of rotatable bonds is 11. The predicted molar refractivity (Wildman–Crippen MR) is 127 cm³/mol. The molecule has 0 aliphatic heterocycles. The molecule has 200 valence electrons. The van der Waals surface area contributed by atoms with Crippen LogP contribution < -0.4 is 5.32 Å². The molecular weight excluding hydrogens is 497 g/mol. The van der Waals surface area contributed by atoms with Gasteiger partial charge in [-0.1, -0.05) is 62.9 Å². The zero-order chi connectivity index (χ0) is 27.2. The number of imidazole rings is 1. The third-order valence-electron chi connectivity index (χ3n) is 5.72. The van der Waals surface area contributed by atoms with Crippen molar-refractivity contribution in [1.82, 2.24) is 24.6 Å². The van der Waals surface area contributed by atoms with Crippen molar-refractivity contribution >= 4 is 11.8 Å². The van der Waals surface area contributed by atoms with Crippen molar-refractivity contribution in [2.24, 2.45) is 7.05 Å². The number of hydrogen-bond acceptors (Lipinski definition) is 4. The van der Waals surface area contributed by atoms with Crippen molar-refractivity contribution in [1.29, 1.82) is 0 Å². The molecule has 1 N–H and O–H groups in total. The Labute approximate surface area is 210 Å². The highest BCUT2D eigenvalue weighted by Crippen LogP contribution is 2.40. The topological polar surface area (TPSA) is 81.8 Å². The summed E-state index contributed by atoms with van der Waals surface area (Å²) in [5, 5.41) is 5.59. The van der Waals surface area contributed by atoms with E-state index >= 15 is 0 Å². The van der Waals surface area contributed by atoms with Crippen LogP contribution in [0.4, 0.5) is 22.0 Å². The summed E-state index contributed by atoms with van der Waals surface area (Å²) < 4.78 is 69.1. The second-order valence-corrected chi connectivity index (χ2v) is 8.60. The van der Waals surface area contributed by atoms with E-state index in [-0.39, 0.29) is 23.6 Å². The molecule has 2 amide bonds. The van der Waals surface area contributed by atoms with Crippen molar-refractivity contribution < 1.29 is 31.5 Å². The molecule has 0 aliphatic carbocycles. The van der Waals surface area contributed by atoms with Gasteiger partial charge in [-0.2, -0.15) is 18.3 Å². The summed E-state index contributed by atoms with van der Waals surface area (Å²) in [6, 6.07) is 8.15. The lowest BCUT2D eigenvalue weighted by Crippen LogP contribution is -2.32. The van der Waals surface area contributed by atoms with Crippen LogP contribution >= 0.6 is 0 Å². The summed E-state index contributed by atoms with van der Waals surface area (Å²) in [6.07, 6.45) is -2.40. The fourth-order valence-corrected chi connectivity index (χ4v) is 3.98. The highest BCUT2D eigenvalue weighted by molar-refractivity contribution is 6.04. The van der Waals surface area contributed by atoms with Crippen LogP contribution in [0.1, 0.15) is 61.8 Å². The SMILES string of the molecule is CCCCCCCC(=O)NC(=O)c1nc(-c2ccccc2)c(-c2cn(CC(F)F)nc2C(F)(F)F)n1C. The largest absolute Gasteiger partial charge is 0.435 e. The highest BCUT2D eigenvalue weighted by Gasteiger charge is 2.40. The van der Waals surface area contributed by atoms with Crippen LogP contribution in [0.15, 0.2) is 36.5 Å². The van der Waals surface area contributed by atoms with Crippen LogP contribution in [0.5, 0.6) is 0 Å². The number of carbonyl (C=O) groups is 2. The van der Waals surface area contributed by atoms with E-state index in [1.54, 1.807) is 30.3 Å². The van der Waals surface area contributed by atoms with Gasteiger partial charge in [-0.3, -0.25) is 19.6 Å². The first-order valence-electron chi connectivity index (χ1n) is 11.9. The van der Waals surface area contributed by atoms with Gasteiger partial charge in [-0.25, -0.2) is 13.8 Å². The third-order valence-corrected chi connectivity index (χ3v) is 5.72. The molecule has 0 fully saturated rings. The minimum Gasteiger partial charge on any atom is -0.322 e. The van der Waals surface area contributed by atoms with Crippen molar-refractivity contribution in [3.63, 3.8) is 0 Å². The fraction of sp³-hybridized carbons (Fsp3) is 0.440. The molecule has 0 aliphatic rings. The van der Waals surface area contributed by atoms with Crippen LogP contribution in [0.3, 0.4) is 0 Å². The van der Waals surface area contributed by atoms with E-state index in [0.29, 0.717) is 16.7 Å². The number of hydrogen-bond donors (Lipinski definition) is 1. The van der Waals surface area contributed by atoms with E-state index in [1.807, 2.05) is 0 Å². The van der Waals surface area contributed by atoms with Crippen molar-refractivity contribution in [3.8, 4) is 22.5 Å². The molecule has 7 nitrogen and oxygen atoms in total. The summed E-state index contributed by atoms with van der Waals surface area (Å²) in [6.45, 7) is 1.03. The molecule has 2 aromatic heterocycles. The van der Waals surface area contributed by atoms with Gasteiger partial charge in [0, 0.05) is 25.2 Å². The zero-order valence-electron chi connectivity index (χ0n) is 20.5. The Hall–Kier alpha value is -3.57. The number of unbranched alkanes of at least 4 members (excludes halogenated alkanes) is 4. The van der Waals surface area contributed by atoms with Gasteiger partial charge < -0.3 is 4.57 Å². The van der Waals surface area contributed by atoms with Crippen molar-refractivity contribution in [3.05, 3.63) is 48.0 Å². The van der Waals surface area contributed by atoms with Gasteiger partial charge in [-0.15, -0.1) is 0 Å². The maximum Gasteiger partial charge on any atom is 0.435 e. The van der Waals surface area contributed by atoms with Crippen LogP contribution in [-0.2, 0) is 24.6 Å². The Bertz CT molecular complexity index is 1220. The van der Waals surface area contributed by atoms with Gasteiger partial charge in [-0.05, 0) is 6.42 Å². The number of imide groups is 1. The highest BCUT2D eigenvalue weighted by atomic mass is 19.4. The van der Waals surface area contributed by atoms with Gasteiger partial charge >= 0.3 is 6.18 Å². The van der Waals surface area contributed by atoms with Crippen molar-refractivity contribution in [2.75, 3.05) is 0 Å². The summed E-state index contributed by atoms with van der Waals surface area (Å²) in [7, 11) is 1.32. The molecule has 37 heavy (non-hydrogen) atoms. The predicted octanol–water partition coefficient (Wildman–Crippen LogP) is 5.85. The van der Waals surface area contributed by atoms with Gasteiger partial charge in [0.15, 0.2) is 11.5 Å². The number of nitrogens with one attached hydrogen (secondary N) is 1. The molecule has 1 aromatic carbocycles. The zero-order valence-corrected chi connectivity index (χ0v) is 20.5. The Morgan fingerprint density at radius 3 is 2.35 bits per heavy atom. The number of nitrogens with zero attached hydrogens (tertiary/aromatic N) is 4. The molecule has 3 rings (SSSR count). The number of carbonyl (C=O) groups excluding carboxylic acids is 2. The maximum absolute atomic E-state index is 13.9. The summed E-state index contributed by atoms with van der Waals surface area (Å²) in [5.41, 5.74) is -1.63. The first kappa shape index (κ1) is 28.0. The average Bonchev–Trinajstić information content (AvgIpc) is 3.39. The Kier molecular flexibility index (Phi) is 9.17. The molecule has 0 saturated heterocycles. The molecule has 0 atom stereocenters. The molecule has 3 aromatic rings. The second-order valence-electron chi connectivity index (χ2n) is 8.60. The second kappa shape index (κ2) is 12.1. The number of halogens is 5. The standard InChI is InChI=1S/C25H28F5N5O2/c1-3-4-5-6-10-13-19(36)31-24(37)23-32-20(16-11-8-7-9-12-16)21(34(23)2)17-14-35(15-18(26)27)33-22(17)25(28,29)30/h7-9,11-12,14,18H,3-6,10,13,15H2,1-2H3,(H,31,36,37). The number of aromatic nitrogens is 4. The van der Waals surface area contributed by atoms with Crippen LogP contribution in [0.2, 0.25) is 0 Å². The quantitative estimate of drug-likeness (QED) is 0.252. The van der Waals surface area contributed by atoms with Gasteiger partial charge in [0.25, 0.3) is 12.3 Å². The van der Waals surface area contributed by atoms with Crippen LogP contribution in [0.25, 0.3) is 22.5 Å². The van der Waals surface area contributed by atoms with E-state index in [9.17, 15) is 31.5 Å². The molecule has 12 heteroatoms. The minimum atomic E-state index is -4.96. The Morgan fingerprint density at radius 1 is 1.05 bits per heavy atom. The number of amides is 2.